The average Bonchev–Trinajstić information content (AvgIpc) is 3.01. The van der Waals surface area contributed by atoms with Crippen LogP contribution in [0.3, 0.4) is 0 Å². The number of hydrogen-bond acceptors (Lipinski definition) is 5. The first-order valence-electron chi connectivity index (χ1n) is 8.03. The first kappa shape index (κ1) is 14.8. The van der Waals surface area contributed by atoms with Crippen LogP contribution in [0.5, 0.6) is 0 Å². The lowest BCUT2D eigenvalue weighted by Gasteiger charge is -2.38. The minimum absolute atomic E-state index is 0.118. The molecule has 0 bridgehead atoms. The fraction of sp³-hybridized carbons (Fsp3) is 0.562. The van der Waals surface area contributed by atoms with Crippen molar-refractivity contribution < 1.29 is 9.53 Å². The molecule has 0 unspecified atom stereocenters. The van der Waals surface area contributed by atoms with Crippen molar-refractivity contribution in [1.29, 1.82) is 0 Å². The van der Waals surface area contributed by atoms with Gasteiger partial charge in [-0.3, -0.25) is 4.79 Å². The van der Waals surface area contributed by atoms with Gasteiger partial charge in [0.2, 0.25) is 0 Å². The van der Waals surface area contributed by atoms with E-state index in [0.29, 0.717) is 19.7 Å². The quantitative estimate of drug-likeness (QED) is 0.814. The van der Waals surface area contributed by atoms with E-state index in [1.807, 2.05) is 34.8 Å². The molecule has 2 fully saturated rings. The Morgan fingerprint density at radius 3 is 2.91 bits per heavy atom. The van der Waals surface area contributed by atoms with Gasteiger partial charge in [-0.15, -0.1) is 16.4 Å². The zero-order valence-electron chi connectivity index (χ0n) is 13.1. The summed E-state index contributed by atoms with van der Waals surface area (Å²) in [5.41, 5.74) is 0.865. The molecule has 1 saturated carbocycles. The number of hydrogen-bond donors (Lipinski definition) is 0. The lowest BCUT2D eigenvalue weighted by Crippen LogP contribution is -2.50. The Hall–Kier alpha value is -1.73. The van der Waals surface area contributed by atoms with Gasteiger partial charge in [-0.25, -0.2) is 4.68 Å². The second kappa shape index (κ2) is 6.05. The maximum atomic E-state index is 12.3. The molecule has 0 spiro atoms. The molecule has 1 aliphatic carbocycles. The molecule has 2 aromatic rings. The standard InChI is InChI=1S/C16H20N4O2S/c1-11-2-5-15(23-11)16(21)19-7-14(8-19)20-6-13(17-18-20)10-22-9-12-3-4-12/h2,5-6,12,14H,3-4,7-10H2,1H3. The largest absolute Gasteiger partial charge is 0.375 e. The van der Waals surface area contributed by atoms with Gasteiger partial charge in [0.15, 0.2) is 0 Å². The van der Waals surface area contributed by atoms with Crippen molar-refractivity contribution in [3.05, 3.63) is 33.8 Å². The average molecular weight is 332 g/mol. The van der Waals surface area contributed by atoms with Crippen LogP contribution in [0.4, 0.5) is 0 Å². The maximum Gasteiger partial charge on any atom is 0.264 e. The van der Waals surface area contributed by atoms with Crippen molar-refractivity contribution >= 4 is 17.2 Å². The summed E-state index contributed by atoms with van der Waals surface area (Å²) in [7, 11) is 0. The van der Waals surface area contributed by atoms with Crippen molar-refractivity contribution in [2.75, 3.05) is 19.7 Å². The summed E-state index contributed by atoms with van der Waals surface area (Å²) < 4.78 is 7.49. The molecule has 2 aromatic heterocycles. The number of thiophene rings is 1. The fourth-order valence-corrected chi connectivity index (χ4v) is 3.50. The summed E-state index contributed by atoms with van der Waals surface area (Å²) in [6.07, 6.45) is 4.53. The number of aryl methyl sites for hydroxylation is 1. The third-order valence-electron chi connectivity index (χ3n) is 4.33. The molecule has 2 aliphatic rings. The van der Waals surface area contributed by atoms with Gasteiger partial charge < -0.3 is 9.64 Å². The number of ether oxygens (including phenoxy) is 1. The Bertz CT molecular complexity index is 701. The number of carbonyl (C=O) groups is 1. The van der Waals surface area contributed by atoms with E-state index in [0.717, 1.165) is 28.0 Å². The van der Waals surface area contributed by atoms with Crippen molar-refractivity contribution in [3.8, 4) is 0 Å². The van der Waals surface area contributed by atoms with E-state index in [1.54, 1.807) is 11.3 Å². The molecule has 0 N–H and O–H groups in total. The number of amides is 1. The summed E-state index contributed by atoms with van der Waals surface area (Å²) in [4.78, 5) is 16.1. The predicted octanol–water partition coefficient (Wildman–Crippen LogP) is 2.27. The SMILES string of the molecule is Cc1ccc(C(=O)N2CC(n3cc(COCC4CC4)nn3)C2)s1. The maximum absolute atomic E-state index is 12.3. The van der Waals surface area contributed by atoms with E-state index < -0.39 is 0 Å². The van der Waals surface area contributed by atoms with Gasteiger partial charge in [0.05, 0.1) is 23.7 Å². The highest BCUT2D eigenvalue weighted by Gasteiger charge is 2.33. The monoisotopic (exact) mass is 332 g/mol. The topological polar surface area (TPSA) is 60.2 Å². The van der Waals surface area contributed by atoms with Crippen LogP contribution in [0.25, 0.3) is 0 Å². The van der Waals surface area contributed by atoms with Crippen molar-refractivity contribution in [2.24, 2.45) is 5.92 Å². The fourth-order valence-electron chi connectivity index (χ4n) is 2.67. The number of rotatable bonds is 6. The van der Waals surface area contributed by atoms with Gasteiger partial charge in [0.1, 0.15) is 5.69 Å². The molecule has 1 amide bonds. The minimum Gasteiger partial charge on any atom is -0.375 e. The van der Waals surface area contributed by atoms with Crippen LogP contribution in [0.15, 0.2) is 18.3 Å². The summed E-state index contributed by atoms with van der Waals surface area (Å²) in [5.74, 6) is 0.879. The van der Waals surface area contributed by atoms with E-state index in [2.05, 4.69) is 10.3 Å². The molecule has 1 aliphatic heterocycles. The van der Waals surface area contributed by atoms with Gasteiger partial charge in [-0.1, -0.05) is 5.21 Å². The van der Waals surface area contributed by atoms with Gasteiger partial charge in [0, 0.05) is 24.6 Å². The third-order valence-corrected chi connectivity index (χ3v) is 5.32. The Morgan fingerprint density at radius 2 is 2.22 bits per heavy atom. The molecule has 0 atom stereocenters. The Labute approximate surface area is 139 Å². The first-order valence-corrected chi connectivity index (χ1v) is 8.85. The summed E-state index contributed by atoms with van der Waals surface area (Å²) in [6.45, 7) is 4.77. The third kappa shape index (κ3) is 3.30. The summed E-state index contributed by atoms with van der Waals surface area (Å²) >= 11 is 1.55. The molecular formula is C16H20N4O2S. The molecule has 23 heavy (non-hydrogen) atoms. The number of carbonyl (C=O) groups excluding carboxylic acids is 1. The highest BCUT2D eigenvalue weighted by Crippen LogP contribution is 2.29. The highest BCUT2D eigenvalue weighted by molar-refractivity contribution is 7.13. The van der Waals surface area contributed by atoms with Crippen LogP contribution in [0.2, 0.25) is 0 Å². The van der Waals surface area contributed by atoms with Crippen molar-refractivity contribution in [1.82, 2.24) is 19.9 Å². The lowest BCUT2D eigenvalue weighted by atomic mass is 10.1. The molecule has 7 heteroatoms. The zero-order valence-corrected chi connectivity index (χ0v) is 14.0. The second-order valence-electron chi connectivity index (χ2n) is 6.42. The van der Waals surface area contributed by atoms with E-state index in [9.17, 15) is 4.79 Å². The van der Waals surface area contributed by atoms with Crippen LogP contribution in [-0.4, -0.2) is 45.5 Å². The van der Waals surface area contributed by atoms with Crippen LogP contribution in [-0.2, 0) is 11.3 Å². The molecular weight excluding hydrogens is 312 g/mol. The highest BCUT2D eigenvalue weighted by atomic mass is 32.1. The smallest absolute Gasteiger partial charge is 0.264 e. The van der Waals surface area contributed by atoms with Crippen LogP contribution < -0.4 is 0 Å². The van der Waals surface area contributed by atoms with Gasteiger partial charge in [-0.05, 0) is 37.8 Å². The van der Waals surface area contributed by atoms with E-state index >= 15 is 0 Å². The molecule has 4 rings (SSSR count). The second-order valence-corrected chi connectivity index (χ2v) is 7.71. The van der Waals surface area contributed by atoms with E-state index in [1.165, 1.54) is 12.8 Å². The minimum atomic E-state index is 0.118. The zero-order chi connectivity index (χ0) is 15.8. The van der Waals surface area contributed by atoms with Crippen LogP contribution >= 0.6 is 11.3 Å². The summed E-state index contributed by atoms with van der Waals surface area (Å²) in [5, 5.41) is 8.33. The van der Waals surface area contributed by atoms with E-state index in [-0.39, 0.29) is 11.9 Å². The Kier molecular flexibility index (Phi) is 3.90. The Morgan fingerprint density at radius 1 is 1.39 bits per heavy atom. The normalized spacial score (nSPS) is 18.2. The Balaban J connectivity index is 1.27. The molecule has 0 aromatic carbocycles. The number of aromatic nitrogens is 3. The molecule has 0 radical (unpaired) electrons. The van der Waals surface area contributed by atoms with Crippen LogP contribution in [0, 0.1) is 12.8 Å². The first-order chi connectivity index (χ1) is 11.2. The predicted molar refractivity (Wildman–Crippen MR) is 86.4 cm³/mol. The van der Waals surface area contributed by atoms with Crippen molar-refractivity contribution in [3.63, 3.8) is 0 Å². The molecule has 1 saturated heterocycles. The van der Waals surface area contributed by atoms with Crippen molar-refractivity contribution in [2.45, 2.75) is 32.4 Å². The molecule has 3 heterocycles. The number of likely N-dealkylation sites (tertiary alicyclic amines) is 1. The van der Waals surface area contributed by atoms with E-state index in [4.69, 9.17) is 4.74 Å². The van der Waals surface area contributed by atoms with Crippen LogP contribution in [0.1, 0.15) is 39.1 Å². The summed E-state index contributed by atoms with van der Waals surface area (Å²) in [6, 6.07) is 4.12. The lowest BCUT2D eigenvalue weighted by molar-refractivity contribution is 0.0503. The van der Waals surface area contributed by atoms with Gasteiger partial charge >= 0.3 is 0 Å². The number of nitrogens with zero attached hydrogens (tertiary/aromatic N) is 4. The molecule has 6 nitrogen and oxygen atoms in total. The van der Waals surface area contributed by atoms with Gasteiger partial charge in [-0.2, -0.15) is 0 Å². The van der Waals surface area contributed by atoms with Gasteiger partial charge in [0.25, 0.3) is 5.91 Å². The molecule has 122 valence electrons.